The Morgan fingerprint density at radius 1 is 1.90 bits per heavy atom. The first-order valence-electron chi connectivity index (χ1n) is 2.74. The van der Waals surface area contributed by atoms with Gasteiger partial charge in [-0.15, -0.1) is 0 Å². The largest absolute Gasteiger partial charge is 0.482 e. The Morgan fingerprint density at radius 2 is 2.50 bits per heavy atom. The summed E-state index contributed by atoms with van der Waals surface area (Å²) in [7, 11) is 0. The number of nitrogens with zero attached hydrogens (tertiary/aromatic N) is 1. The molecule has 1 aliphatic rings. The molecule has 0 amide bonds. The molecule has 0 aliphatic carbocycles. The number of rotatable bonds is 0. The number of hydrogen-bond donors (Lipinski definition) is 1. The minimum Gasteiger partial charge on any atom is -0.482 e. The molecular weight excluding hydrogens is 136 g/mol. The molecule has 0 radical (unpaired) electrons. The molecule has 2 N–H and O–H groups in total. The van der Waals surface area contributed by atoms with Crippen molar-refractivity contribution in [3.05, 3.63) is 0 Å². The summed E-state index contributed by atoms with van der Waals surface area (Å²) in [6, 6.07) is 0. The van der Waals surface area contributed by atoms with E-state index in [1.807, 2.05) is 0 Å². The highest BCUT2D eigenvalue weighted by atomic mass is 16.7. The average molecular weight is 146 g/mol. The molecule has 0 atom stereocenters. The van der Waals surface area contributed by atoms with Crippen LogP contribution in [-0.2, 0) is 14.4 Å². The van der Waals surface area contributed by atoms with Gasteiger partial charge in [-0.3, -0.25) is 9.79 Å². The normalized spacial score (nSPS) is 13.0. The van der Waals surface area contributed by atoms with E-state index in [2.05, 4.69) is 20.5 Å². The van der Waals surface area contributed by atoms with Crippen LogP contribution in [0.4, 0.5) is 0 Å². The molecular formula is C5H10N2O3. The number of nitrogens with two attached hydrogens (primary N) is 1. The number of carbonyl (C=O) groups is 1. The van der Waals surface area contributed by atoms with Crippen LogP contribution in [0.3, 0.4) is 0 Å². The molecule has 10 heavy (non-hydrogen) atoms. The van der Waals surface area contributed by atoms with Gasteiger partial charge in [0.05, 0.1) is 6.54 Å². The standard InChI is InChI=1S/C3H5NO.C2H5NO2/c1-2-5-3-4-1;1-2(4)5-3/h3H,1-2H2;3H2,1H3. The van der Waals surface area contributed by atoms with Crippen LogP contribution in [0.2, 0.25) is 0 Å². The highest BCUT2D eigenvalue weighted by Crippen LogP contribution is 1.78. The lowest BCUT2D eigenvalue weighted by Crippen LogP contribution is -2.03. The van der Waals surface area contributed by atoms with E-state index in [0.717, 1.165) is 13.2 Å². The van der Waals surface area contributed by atoms with Gasteiger partial charge in [-0.2, -0.15) is 5.90 Å². The first-order chi connectivity index (χ1) is 4.77. The highest BCUT2D eigenvalue weighted by Gasteiger charge is 1.84. The number of aliphatic imine (C=N–C) groups is 1. The lowest BCUT2D eigenvalue weighted by molar-refractivity contribution is -0.141. The summed E-state index contributed by atoms with van der Waals surface area (Å²) >= 11 is 0. The first-order valence-corrected chi connectivity index (χ1v) is 2.74. The molecule has 0 fully saturated rings. The van der Waals surface area contributed by atoms with Gasteiger partial charge < -0.3 is 9.57 Å². The van der Waals surface area contributed by atoms with Gasteiger partial charge >= 0.3 is 5.97 Å². The summed E-state index contributed by atoms with van der Waals surface area (Å²) < 4.78 is 4.65. The molecule has 5 heteroatoms. The van der Waals surface area contributed by atoms with Crippen molar-refractivity contribution in [1.29, 1.82) is 0 Å². The molecule has 1 aliphatic heterocycles. The van der Waals surface area contributed by atoms with E-state index in [4.69, 9.17) is 0 Å². The summed E-state index contributed by atoms with van der Waals surface area (Å²) in [6.45, 7) is 2.86. The predicted octanol–water partition coefficient (Wildman–Crippen LogP) is -0.532. The van der Waals surface area contributed by atoms with Crippen molar-refractivity contribution in [3.63, 3.8) is 0 Å². The first kappa shape index (κ1) is 8.90. The fourth-order valence-electron chi connectivity index (χ4n) is 0.264. The van der Waals surface area contributed by atoms with Crippen molar-refractivity contribution in [2.24, 2.45) is 10.9 Å². The maximum atomic E-state index is 9.47. The molecule has 0 spiro atoms. The van der Waals surface area contributed by atoms with E-state index in [1.54, 1.807) is 0 Å². The Morgan fingerprint density at radius 3 is 2.60 bits per heavy atom. The number of carbonyl (C=O) groups excluding carboxylic acids is 1. The van der Waals surface area contributed by atoms with Gasteiger partial charge in [-0.25, -0.2) is 0 Å². The van der Waals surface area contributed by atoms with Gasteiger partial charge in [0.2, 0.25) is 0 Å². The molecule has 0 saturated carbocycles. The van der Waals surface area contributed by atoms with Crippen LogP contribution in [0.1, 0.15) is 6.92 Å². The van der Waals surface area contributed by atoms with E-state index >= 15 is 0 Å². The van der Waals surface area contributed by atoms with Crippen LogP contribution in [-0.4, -0.2) is 25.5 Å². The molecule has 58 valence electrons. The Labute approximate surface area is 58.8 Å². The van der Waals surface area contributed by atoms with Crippen molar-refractivity contribution in [2.75, 3.05) is 13.2 Å². The van der Waals surface area contributed by atoms with Gasteiger partial charge in [0.1, 0.15) is 6.61 Å². The lowest BCUT2D eigenvalue weighted by atomic mass is 10.8. The second-order valence-corrected chi connectivity index (χ2v) is 1.49. The van der Waals surface area contributed by atoms with Crippen molar-refractivity contribution in [1.82, 2.24) is 0 Å². The van der Waals surface area contributed by atoms with Gasteiger partial charge in [0.25, 0.3) is 0 Å². The number of hydrogen-bond acceptors (Lipinski definition) is 5. The maximum absolute atomic E-state index is 9.47. The Hall–Kier alpha value is -1.10. The SMILES string of the molecule is C1=NCCO1.CC(=O)ON. The summed E-state index contributed by atoms with van der Waals surface area (Å²) in [4.78, 5) is 16.8. The third-order valence-corrected chi connectivity index (χ3v) is 0.653. The molecule has 0 aromatic heterocycles. The van der Waals surface area contributed by atoms with Gasteiger partial charge in [0, 0.05) is 6.92 Å². The molecule has 0 aromatic carbocycles. The van der Waals surface area contributed by atoms with E-state index in [1.165, 1.54) is 13.3 Å². The molecule has 5 nitrogen and oxygen atoms in total. The van der Waals surface area contributed by atoms with E-state index in [9.17, 15) is 4.79 Å². The monoisotopic (exact) mass is 146 g/mol. The highest BCUT2D eigenvalue weighted by molar-refractivity contribution is 5.65. The van der Waals surface area contributed by atoms with E-state index < -0.39 is 5.97 Å². The van der Waals surface area contributed by atoms with Gasteiger partial charge in [-0.1, -0.05) is 0 Å². The van der Waals surface area contributed by atoms with Crippen molar-refractivity contribution in [3.8, 4) is 0 Å². The zero-order valence-corrected chi connectivity index (χ0v) is 5.74. The minimum absolute atomic E-state index is 0.468. The summed E-state index contributed by atoms with van der Waals surface area (Å²) in [5, 5.41) is 0. The van der Waals surface area contributed by atoms with Gasteiger partial charge in [-0.05, 0) is 0 Å². The van der Waals surface area contributed by atoms with Crippen LogP contribution in [0.15, 0.2) is 4.99 Å². The Balaban J connectivity index is 0.000000162. The van der Waals surface area contributed by atoms with Gasteiger partial charge in [0.15, 0.2) is 6.40 Å². The maximum Gasteiger partial charge on any atom is 0.321 e. The van der Waals surface area contributed by atoms with Crippen molar-refractivity contribution < 1.29 is 14.4 Å². The molecule has 0 aromatic rings. The summed E-state index contributed by atoms with van der Waals surface area (Å²) in [5.74, 6) is 3.85. The van der Waals surface area contributed by atoms with Crippen LogP contribution in [0.5, 0.6) is 0 Å². The third-order valence-electron chi connectivity index (χ3n) is 0.653. The molecule has 0 bridgehead atoms. The lowest BCUT2D eigenvalue weighted by Gasteiger charge is -1.79. The minimum atomic E-state index is -0.468. The zero-order valence-electron chi connectivity index (χ0n) is 5.74. The van der Waals surface area contributed by atoms with Crippen LogP contribution >= 0.6 is 0 Å². The number of ether oxygens (including phenoxy) is 1. The fourth-order valence-corrected chi connectivity index (χ4v) is 0.264. The fraction of sp³-hybridized carbons (Fsp3) is 0.600. The average Bonchev–Trinajstić information content (AvgIpc) is 2.43. The molecule has 1 heterocycles. The second-order valence-electron chi connectivity index (χ2n) is 1.49. The van der Waals surface area contributed by atoms with Crippen LogP contribution in [0.25, 0.3) is 0 Å². The quantitative estimate of drug-likeness (QED) is 0.466. The Bertz CT molecular complexity index is 118. The molecule has 1 rings (SSSR count). The predicted molar refractivity (Wildman–Crippen MR) is 35.3 cm³/mol. The third kappa shape index (κ3) is 6.90. The smallest absolute Gasteiger partial charge is 0.321 e. The van der Waals surface area contributed by atoms with E-state index in [0.29, 0.717) is 0 Å². The van der Waals surface area contributed by atoms with Crippen LogP contribution in [0, 0.1) is 0 Å². The van der Waals surface area contributed by atoms with Crippen molar-refractivity contribution in [2.45, 2.75) is 6.92 Å². The summed E-state index contributed by atoms with van der Waals surface area (Å²) in [5.41, 5.74) is 0. The van der Waals surface area contributed by atoms with E-state index in [-0.39, 0.29) is 0 Å². The van der Waals surface area contributed by atoms with Crippen LogP contribution < -0.4 is 5.90 Å². The molecule has 0 saturated heterocycles. The summed E-state index contributed by atoms with van der Waals surface area (Å²) in [6.07, 6.45) is 1.49. The topological polar surface area (TPSA) is 73.9 Å². The zero-order chi connectivity index (χ0) is 7.82. The Kier molecular flexibility index (Phi) is 5.36. The van der Waals surface area contributed by atoms with Crippen molar-refractivity contribution >= 4 is 12.4 Å². The molecule has 0 unspecified atom stereocenters. The second kappa shape index (κ2) is 6.03.